The Labute approximate surface area is 100 Å². The molecule has 0 aromatic heterocycles. The lowest BCUT2D eigenvalue weighted by Gasteiger charge is -2.26. The SMILES string of the molecule is F.c1ccc(C2CCc3ccccc3O2)cc1. The van der Waals surface area contributed by atoms with Crippen LogP contribution < -0.4 is 4.74 Å². The maximum atomic E-state index is 6.02. The molecule has 88 valence electrons. The first kappa shape index (κ1) is 11.6. The van der Waals surface area contributed by atoms with Crippen LogP contribution in [-0.2, 0) is 6.42 Å². The molecule has 3 rings (SSSR count). The van der Waals surface area contributed by atoms with Gasteiger partial charge in [-0.1, -0.05) is 48.5 Å². The number of rotatable bonds is 1. The van der Waals surface area contributed by atoms with E-state index in [-0.39, 0.29) is 10.8 Å². The fraction of sp³-hybridized carbons (Fsp3) is 0.200. The van der Waals surface area contributed by atoms with Gasteiger partial charge in [-0.15, -0.1) is 0 Å². The molecule has 1 atom stereocenters. The van der Waals surface area contributed by atoms with E-state index in [1.54, 1.807) is 0 Å². The second kappa shape index (κ2) is 5.00. The summed E-state index contributed by atoms with van der Waals surface area (Å²) in [6.45, 7) is 0. The Morgan fingerprint density at radius 2 is 1.59 bits per heavy atom. The molecule has 0 N–H and O–H groups in total. The van der Waals surface area contributed by atoms with Crippen LogP contribution in [0.1, 0.15) is 23.7 Å². The van der Waals surface area contributed by atoms with Gasteiger partial charge in [-0.05, 0) is 30.0 Å². The van der Waals surface area contributed by atoms with Gasteiger partial charge in [-0.25, -0.2) is 0 Å². The molecule has 17 heavy (non-hydrogen) atoms. The summed E-state index contributed by atoms with van der Waals surface area (Å²) < 4.78 is 6.02. The van der Waals surface area contributed by atoms with Crippen molar-refractivity contribution in [3.8, 4) is 5.75 Å². The minimum Gasteiger partial charge on any atom is -0.485 e. The molecule has 0 amide bonds. The van der Waals surface area contributed by atoms with Crippen molar-refractivity contribution in [1.29, 1.82) is 0 Å². The standard InChI is InChI=1S/C15H14O.FH/c1-2-6-12(7-3-1)15-11-10-13-8-4-5-9-14(13)16-15;/h1-9,15H,10-11H2;1H. The molecule has 0 radical (unpaired) electrons. The highest BCUT2D eigenvalue weighted by atomic mass is 19.0. The molecule has 1 nitrogen and oxygen atoms in total. The van der Waals surface area contributed by atoms with Gasteiger partial charge in [0.2, 0.25) is 0 Å². The summed E-state index contributed by atoms with van der Waals surface area (Å²) in [6.07, 6.45) is 2.40. The molecule has 0 spiro atoms. The average Bonchev–Trinajstić information content (AvgIpc) is 2.39. The molecule has 0 saturated carbocycles. The molecule has 0 fully saturated rings. The van der Waals surface area contributed by atoms with Crippen LogP contribution in [0.2, 0.25) is 0 Å². The Balaban J connectivity index is 0.00000108. The summed E-state index contributed by atoms with van der Waals surface area (Å²) in [7, 11) is 0. The monoisotopic (exact) mass is 230 g/mol. The van der Waals surface area contributed by atoms with Gasteiger partial charge in [0.25, 0.3) is 0 Å². The Morgan fingerprint density at radius 1 is 0.882 bits per heavy atom. The van der Waals surface area contributed by atoms with Crippen LogP contribution in [0, 0.1) is 0 Å². The molecule has 1 unspecified atom stereocenters. The Bertz CT molecular complexity index is 481. The highest BCUT2D eigenvalue weighted by Gasteiger charge is 2.20. The number of benzene rings is 2. The third-order valence-electron chi connectivity index (χ3n) is 3.09. The van der Waals surface area contributed by atoms with Crippen molar-refractivity contribution in [2.24, 2.45) is 0 Å². The van der Waals surface area contributed by atoms with Crippen molar-refractivity contribution in [1.82, 2.24) is 0 Å². The van der Waals surface area contributed by atoms with Gasteiger partial charge in [0.05, 0.1) is 0 Å². The van der Waals surface area contributed by atoms with Crippen LogP contribution in [0.5, 0.6) is 5.75 Å². The molecule has 1 aliphatic heterocycles. The first-order chi connectivity index (χ1) is 7.93. The smallest absolute Gasteiger partial charge is 0.124 e. The van der Waals surface area contributed by atoms with E-state index in [2.05, 4.69) is 42.5 Å². The van der Waals surface area contributed by atoms with E-state index in [9.17, 15) is 0 Å². The topological polar surface area (TPSA) is 9.23 Å². The fourth-order valence-electron chi connectivity index (χ4n) is 2.23. The van der Waals surface area contributed by atoms with Crippen LogP contribution >= 0.6 is 0 Å². The van der Waals surface area contributed by atoms with E-state index in [1.165, 1.54) is 11.1 Å². The summed E-state index contributed by atoms with van der Waals surface area (Å²) >= 11 is 0. The maximum absolute atomic E-state index is 6.02. The molecular formula is C15H15FO. The van der Waals surface area contributed by atoms with Crippen LogP contribution in [-0.4, -0.2) is 0 Å². The second-order valence-corrected chi connectivity index (χ2v) is 4.16. The van der Waals surface area contributed by atoms with Crippen molar-refractivity contribution < 1.29 is 9.44 Å². The van der Waals surface area contributed by atoms with Gasteiger partial charge in [0.1, 0.15) is 11.9 Å². The summed E-state index contributed by atoms with van der Waals surface area (Å²) in [4.78, 5) is 0. The summed E-state index contributed by atoms with van der Waals surface area (Å²) in [6, 6.07) is 18.8. The number of halogens is 1. The maximum Gasteiger partial charge on any atom is 0.124 e. The molecule has 0 bridgehead atoms. The van der Waals surface area contributed by atoms with E-state index in [4.69, 9.17) is 4.74 Å². The molecule has 0 aliphatic carbocycles. The van der Waals surface area contributed by atoms with Gasteiger partial charge < -0.3 is 4.74 Å². The van der Waals surface area contributed by atoms with Gasteiger partial charge in [0.15, 0.2) is 0 Å². The zero-order valence-corrected chi connectivity index (χ0v) is 9.50. The minimum absolute atomic E-state index is 0. The zero-order valence-electron chi connectivity index (χ0n) is 9.50. The first-order valence-electron chi connectivity index (χ1n) is 5.73. The highest BCUT2D eigenvalue weighted by molar-refractivity contribution is 5.36. The highest BCUT2D eigenvalue weighted by Crippen LogP contribution is 2.34. The second-order valence-electron chi connectivity index (χ2n) is 4.16. The Morgan fingerprint density at radius 3 is 2.41 bits per heavy atom. The molecule has 0 saturated heterocycles. The van der Waals surface area contributed by atoms with Crippen molar-refractivity contribution in [3.05, 3.63) is 65.7 Å². The lowest BCUT2D eigenvalue weighted by atomic mass is 9.98. The quantitative estimate of drug-likeness (QED) is 0.721. The number of para-hydroxylation sites is 1. The van der Waals surface area contributed by atoms with Gasteiger partial charge >= 0.3 is 0 Å². The molecule has 1 aliphatic rings. The Hall–Kier alpha value is -1.83. The Kier molecular flexibility index (Phi) is 3.43. The molecule has 2 aromatic rings. The van der Waals surface area contributed by atoms with Crippen LogP contribution in [0.4, 0.5) is 4.70 Å². The third-order valence-corrected chi connectivity index (χ3v) is 3.09. The zero-order chi connectivity index (χ0) is 10.8. The van der Waals surface area contributed by atoms with Gasteiger partial charge in [0, 0.05) is 0 Å². The average molecular weight is 230 g/mol. The molecule has 1 heterocycles. The number of hydrogen-bond donors (Lipinski definition) is 0. The molecule has 2 aromatic carbocycles. The van der Waals surface area contributed by atoms with Crippen molar-refractivity contribution in [2.75, 3.05) is 0 Å². The lowest BCUT2D eigenvalue weighted by molar-refractivity contribution is 0.176. The predicted octanol–water partition coefficient (Wildman–Crippen LogP) is 3.91. The van der Waals surface area contributed by atoms with Crippen molar-refractivity contribution in [3.63, 3.8) is 0 Å². The van der Waals surface area contributed by atoms with Crippen LogP contribution in [0.25, 0.3) is 0 Å². The van der Waals surface area contributed by atoms with E-state index >= 15 is 0 Å². The summed E-state index contributed by atoms with van der Waals surface area (Å²) in [5.74, 6) is 1.04. The first-order valence-corrected chi connectivity index (χ1v) is 5.73. The van der Waals surface area contributed by atoms with E-state index in [0.29, 0.717) is 0 Å². The largest absolute Gasteiger partial charge is 0.485 e. The van der Waals surface area contributed by atoms with Gasteiger partial charge in [-0.2, -0.15) is 0 Å². The summed E-state index contributed by atoms with van der Waals surface area (Å²) in [5, 5.41) is 0. The van der Waals surface area contributed by atoms with E-state index in [0.717, 1.165) is 18.6 Å². The number of hydrogen-bond acceptors (Lipinski definition) is 1. The number of ether oxygens (including phenoxy) is 1. The molecule has 2 heteroatoms. The van der Waals surface area contributed by atoms with Crippen LogP contribution in [0.15, 0.2) is 54.6 Å². The summed E-state index contributed by atoms with van der Waals surface area (Å²) in [5.41, 5.74) is 2.60. The normalized spacial score (nSPS) is 17.5. The number of aryl methyl sites for hydroxylation is 1. The number of fused-ring (bicyclic) bond motifs is 1. The van der Waals surface area contributed by atoms with Gasteiger partial charge in [-0.3, -0.25) is 4.70 Å². The van der Waals surface area contributed by atoms with Crippen LogP contribution in [0.3, 0.4) is 0 Å². The van der Waals surface area contributed by atoms with E-state index in [1.807, 2.05) is 12.1 Å². The fourth-order valence-corrected chi connectivity index (χ4v) is 2.23. The third kappa shape index (κ3) is 2.31. The van der Waals surface area contributed by atoms with Crippen molar-refractivity contribution >= 4 is 0 Å². The minimum atomic E-state index is 0. The predicted molar refractivity (Wildman–Crippen MR) is 67.1 cm³/mol. The van der Waals surface area contributed by atoms with Crippen molar-refractivity contribution in [2.45, 2.75) is 18.9 Å². The lowest BCUT2D eigenvalue weighted by Crippen LogP contribution is -2.14. The molecular weight excluding hydrogens is 215 g/mol. The van der Waals surface area contributed by atoms with E-state index < -0.39 is 0 Å².